The zero-order valence-electron chi connectivity index (χ0n) is 25.8. The van der Waals surface area contributed by atoms with Crippen LogP contribution in [0.2, 0.25) is 0 Å². The Bertz CT molecular complexity index is 1530. The van der Waals surface area contributed by atoms with Crippen LogP contribution < -0.4 is 0 Å². The first-order chi connectivity index (χ1) is 20.3. The van der Waals surface area contributed by atoms with Gasteiger partial charge in [0.2, 0.25) is 15.9 Å². The lowest BCUT2D eigenvalue weighted by molar-refractivity contribution is -0.140. The van der Waals surface area contributed by atoms with Crippen LogP contribution in [0.25, 0.3) is 5.57 Å². The lowest BCUT2D eigenvalue weighted by atomic mass is 9.58. The van der Waals surface area contributed by atoms with Gasteiger partial charge >= 0.3 is 5.97 Å². The quantitative estimate of drug-likeness (QED) is 0.366. The molecule has 0 spiro atoms. The average molecular weight is 605 g/mol. The SMILES string of the molecule is CCCCS(=O)(=O)N1CCC(C(=O)N2CC=C3C(C)(C)C(c4ccc(C(=O)O)cc4)=CC[C@]3(C)C2)(c2ccccc2)CC1. The van der Waals surface area contributed by atoms with E-state index < -0.39 is 21.4 Å². The molecule has 230 valence electrons. The number of unbranched alkanes of at least 4 members (excludes halogenated alkanes) is 1. The first-order valence-electron chi connectivity index (χ1n) is 15.4. The molecule has 0 unspecified atom stereocenters. The molecule has 3 aliphatic rings. The molecule has 2 aromatic rings. The molecule has 0 radical (unpaired) electrons. The zero-order valence-corrected chi connectivity index (χ0v) is 26.6. The number of carboxylic acids is 1. The van der Waals surface area contributed by atoms with Gasteiger partial charge in [0, 0.05) is 37.0 Å². The molecule has 0 aromatic heterocycles. The topological polar surface area (TPSA) is 95.0 Å². The van der Waals surface area contributed by atoms with Crippen molar-refractivity contribution in [3.8, 4) is 0 Å². The fraction of sp³-hybridized carbons (Fsp3) is 0.486. The Balaban J connectivity index is 1.41. The number of fused-ring (bicyclic) bond motifs is 1. The van der Waals surface area contributed by atoms with E-state index in [4.69, 9.17) is 0 Å². The van der Waals surface area contributed by atoms with E-state index in [0.717, 1.165) is 24.0 Å². The highest BCUT2D eigenvalue weighted by Crippen LogP contribution is 2.55. The van der Waals surface area contributed by atoms with Gasteiger partial charge in [-0.2, -0.15) is 0 Å². The van der Waals surface area contributed by atoms with Crippen LogP contribution in [0.5, 0.6) is 0 Å². The molecule has 0 saturated carbocycles. The monoisotopic (exact) mass is 604 g/mol. The first kappa shape index (κ1) is 31.2. The summed E-state index contributed by atoms with van der Waals surface area (Å²) in [6.45, 7) is 10.4. The highest BCUT2D eigenvalue weighted by atomic mass is 32.2. The number of nitrogens with zero attached hydrogens (tertiary/aromatic N) is 2. The zero-order chi connectivity index (χ0) is 31.0. The van der Waals surface area contributed by atoms with Gasteiger partial charge in [-0.15, -0.1) is 0 Å². The molecule has 7 nitrogen and oxygen atoms in total. The molecule has 2 heterocycles. The Labute approximate surface area is 256 Å². The number of carbonyl (C=O) groups excluding carboxylic acids is 1. The van der Waals surface area contributed by atoms with E-state index in [-0.39, 0.29) is 28.1 Å². The molecule has 1 atom stereocenters. The summed E-state index contributed by atoms with van der Waals surface area (Å²) in [6, 6.07) is 17.0. The number of hydrogen-bond donors (Lipinski definition) is 1. The molecule has 1 saturated heterocycles. The Hall–Kier alpha value is -3.23. The normalized spacial score (nSPS) is 23.6. The molecule has 1 N–H and O–H groups in total. The highest BCUT2D eigenvalue weighted by Gasteiger charge is 2.51. The minimum absolute atomic E-state index is 0.0812. The van der Waals surface area contributed by atoms with Crippen LogP contribution in [0.4, 0.5) is 0 Å². The fourth-order valence-electron chi connectivity index (χ4n) is 7.64. The minimum Gasteiger partial charge on any atom is -0.478 e. The van der Waals surface area contributed by atoms with E-state index in [2.05, 4.69) is 32.9 Å². The second kappa shape index (κ2) is 11.7. The van der Waals surface area contributed by atoms with Crippen LogP contribution >= 0.6 is 0 Å². The summed E-state index contributed by atoms with van der Waals surface area (Å²) in [7, 11) is -3.34. The fourth-order valence-corrected chi connectivity index (χ4v) is 9.29. The van der Waals surface area contributed by atoms with E-state index >= 15 is 0 Å². The van der Waals surface area contributed by atoms with Crippen LogP contribution in [-0.4, -0.2) is 66.5 Å². The van der Waals surface area contributed by atoms with Crippen LogP contribution in [-0.2, 0) is 20.2 Å². The summed E-state index contributed by atoms with van der Waals surface area (Å²) in [5.74, 6) is -0.700. The number of amides is 1. The number of aromatic carboxylic acids is 1. The van der Waals surface area contributed by atoms with Crippen molar-refractivity contribution in [3.63, 3.8) is 0 Å². The van der Waals surface area contributed by atoms with E-state index in [1.54, 1.807) is 16.4 Å². The summed E-state index contributed by atoms with van der Waals surface area (Å²) in [5, 5.41) is 9.33. The molecule has 2 aliphatic heterocycles. The molecule has 0 bridgehead atoms. The number of rotatable bonds is 8. The number of piperidine rings is 1. The van der Waals surface area contributed by atoms with Gasteiger partial charge in [-0.05, 0) is 54.5 Å². The second-order valence-corrected chi connectivity index (χ2v) is 15.3. The van der Waals surface area contributed by atoms with Gasteiger partial charge in [0.25, 0.3) is 0 Å². The molecule has 43 heavy (non-hydrogen) atoms. The number of carbonyl (C=O) groups is 2. The first-order valence-corrected chi connectivity index (χ1v) is 17.0. The highest BCUT2D eigenvalue weighted by molar-refractivity contribution is 7.89. The maximum Gasteiger partial charge on any atom is 0.335 e. The molecule has 1 aliphatic carbocycles. The lowest BCUT2D eigenvalue weighted by Crippen LogP contribution is -2.57. The van der Waals surface area contributed by atoms with Crippen molar-refractivity contribution in [2.75, 3.05) is 31.9 Å². The van der Waals surface area contributed by atoms with Crippen LogP contribution in [0, 0.1) is 10.8 Å². The molecule has 1 amide bonds. The number of benzene rings is 2. The van der Waals surface area contributed by atoms with Crippen LogP contribution in [0.15, 0.2) is 72.3 Å². The predicted molar refractivity (Wildman–Crippen MR) is 170 cm³/mol. The van der Waals surface area contributed by atoms with Gasteiger partial charge in [0.15, 0.2) is 0 Å². The standard InChI is InChI=1S/C35H44N2O5S/c1-5-6-24-43(41,42)37-22-19-35(20-23-37,28-10-8-7-9-11-28)32(40)36-21-17-30-33(2,3)29(16-18-34(30,4)25-36)26-12-14-27(15-13-26)31(38)39/h7-17H,5-6,18-25H2,1-4H3,(H,38,39)/t34-/m1/s1. The molecule has 1 fully saturated rings. The number of allylic oxidation sites excluding steroid dienone is 2. The molecule has 5 rings (SSSR count). The lowest BCUT2D eigenvalue weighted by Gasteiger charge is -2.52. The number of carboxylic acid groups (broad SMARTS) is 1. The smallest absolute Gasteiger partial charge is 0.335 e. The van der Waals surface area contributed by atoms with Crippen molar-refractivity contribution in [2.24, 2.45) is 10.8 Å². The van der Waals surface area contributed by atoms with Crippen LogP contribution in [0.3, 0.4) is 0 Å². The van der Waals surface area contributed by atoms with E-state index in [1.165, 1.54) is 11.1 Å². The average Bonchev–Trinajstić information content (AvgIpc) is 2.99. The third-order valence-corrected chi connectivity index (χ3v) is 12.0. The molecule has 2 aromatic carbocycles. The van der Waals surface area contributed by atoms with Crippen molar-refractivity contribution in [2.45, 2.75) is 65.2 Å². The third kappa shape index (κ3) is 5.72. The van der Waals surface area contributed by atoms with Gasteiger partial charge in [0.05, 0.1) is 16.7 Å². The van der Waals surface area contributed by atoms with Crippen molar-refractivity contribution in [1.29, 1.82) is 0 Å². The van der Waals surface area contributed by atoms with E-state index in [9.17, 15) is 23.1 Å². The second-order valence-electron chi connectivity index (χ2n) is 13.2. The molecular weight excluding hydrogens is 560 g/mol. The summed E-state index contributed by atoms with van der Waals surface area (Å²) in [4.78, 5) is 28.0. The largest absolute Gasteiger partial charge is 0.478 e. The molecule has 8 heteroatoms. The van der Waals surface area contributed by atoms with Gasteiger partial charge in [-0.25, -0.2) is 17.5 Å². The summed E-state index contributed by atoms with van der Waals surface area (Å²) in [6.07, 6.45) is 7.65. The number of hydrogen-bond acceptors (Lipinski definition) is 4. The maximum atomic E-state index is 14.6. The third-order valence-electron chi connectivity index (χ3n) is 10.0. The Morgan fingerprint density at radius 3 is 2.19 bits per heavy atom. The van der Waals surface area contributed by atoms with Crippen molar-refractivity contribution in [3.05, 3.63) is 89.0 Å². The number of sulfonamides is 1. The Morgan fingerprint density at radius 2 is 1.58 bits per heavy atom. The minimum atomic E-state index is -3.34. The summed E-state index contributed by atoms with van der Waals surface area (Å²) < 4.78 is 27.6. The van der Waals surface area contributed by atoms with Crippen LogP contribution in [0.1, 0.15) is 81.3 Å². The van der Waals surface area contributed by atoms with Gasteiger partial charge in [0.1, 0.15) is 0 Å². The summed E-state index contributed by atoms with van der Waals surface area (Å²) >= 11 is 0. The van der Waals surface area contributed by atoms with Gasteiger partial charge < -0.3 is 10.0 Å². The summed E-state index contributed by atoms with van der Waals surface area (Å²) in [5.41, 5.74) is 3.41. The van der Waals surface area contributed by atoms with E-state index in [1.807, 2.05) is 54.3 Å². The van der Waals surface area contributed by atoms with Gasteiger partial charge in [-0.1, -0.05) is 94.3 Å². The molecular formula is C35H44N2O5S. The predicted octanol–water partition coefficient (Wildman–Crippen LogP) is 6.14. The van der Waals surface area contributed by atoms with E-state index in [0.29, 0.717) is 45.4 Å². The van der Waals surface area contributed by atoms with Crippen molar-refractivity contribution >= 4 is 27.5 Å². The van der Waals surface area contributed by atoms with Crippen molar-refractivity contribution in [1.82, 2.24) is 9.21 Å². The Morgan fingerprint density at radius 1 is 0.930 bits per heavy atom. The van der Waals surface area contributed by atoms with Gasteiger partial charge in [-0.3, -0.25) is 4.79 Å². The van der Waals surface area contributed by atoms with Crippen molar-refractivity contribution < 1.29 is 23.1 Å². The Kier molecular flexibility index (Phi) is 8.49. The maximum absolute atomic E-state index is 14.6.